The predicted molar refractivity (Wildman–Crippen MR) is 80.4 cm³/mol. The lowest BCUT2D eigenvalue weighted by molar-refractivity contribution is 0.415. The van der Waals surface area contributed by atoms with Crippen LogP contribution in [0.2, 0.25) is 5.02 Å². The Bertz CT molecular complexity index is 958. The summed E-state index contributed by atoms with van der Waals surface area (Å²) < 4.78 is 7.81. The maximum absolute atomic E-state index is 12.3. The van der Waals surface area contributed by atoms with Crippen molar-refractivity contribution in [2.75, 3.05) is 7.11 Å². The number of pyridine rings is 1. The fourth-order valence-corrected chi connectivity index (χ4v) is 2.68. The van der Waals surface area contributed by atoms with Gasteiger partial charge in [-0.2, -0.15) is 4.98 Å². The topological polar surface area (TPSA) is 66.1 Å². The maximum Gasteiger partial charge on any atom is 0.352 e. The van der Waals surface area contributed by atoms with Crippen molar-refractivity contribution in [3.8, 4) is 17.1 Å². The summed E-state index contributed by atoms with van der Waals surface area (Å²) in [7, 11) is 4.67. The Hall–Kier alpha value is -2.34. The molecule has 0 bridgehead atoms. The molecule has 0 N–H and O–H groups in total. The molecule has 0 atom stereocenters. The summed E-state index contributed by atoms with van der Waals surface area (Å²) in [5, 5.41) is 0.939. The van der Waals surface area contributed by atoms with E-state index in [-0.39, 0.29) is 16.4 Å². The number of benzene rings is 1. The Kier molecular flexibility index (Phi) is 2.98. The van der Waals surface area contributed by atoms with Crippen LogP contribution in [0.1, 0.15) is 0 Å². The fraction of sp³-hybridized carbons (Fsp3) is 0.214. The van der Waals surface area contributed by atoms with E-state index in [1.54, 1.807) is 30.9 Å². The number of fused-ring (bicyclic) bond motifs is 2. The average Bonchev–Trinajstić information content (AvgIpc) is 2.49. The van der Waals surface area contributed by atoms with Crippen LogP contribution in [-0.4, -0.2) is 21.2 Å². The van der Waals surface area contributed by atoms with Crippen molar-refractivity contribution in [1.29, 1.82) is 0 Å². The molecule has 0 radical (unpaired) electrons. The van der Waals surface area contributed by atoms with E-state index in [2.05, 4.69) is 4.98 Å². The number of aryl methyl sites for hydroxylation is 1. The minimum atomic E-state index is -0.605. The lowest BCUT2D eigenvalue weighted by Crippen LogP contribution is -2.35. The Morgan fingerprint density at radius 1 is 1.19 bits per heavy atom. The van der Waals surface area contributed by atoms with Gasteiger partial charge in [0.2, 0.25) is 0 Å². The van der Waals surface area contributed by atoms with Crippen LogP contribution in [0, 0.1) is 0 Å². The number of hydrogen-bond acceptors (Lipinski definition) is 4. The molecular weight excluding hydrogens is 294 g/mol. The predicted octanol–water partition coefficient (Wildman–Crippen LogP) is 1.40. The highest BCUT2D eigenvalue weighted by atomic mass is 35.5. The van der Waals surface area contributed by atoms with Crippen molar-refractivity contribution in [2.45, 2.75) is 0 Å². The standard InChI is InChI=1S/C14H12ClN3O3/c1-17-9-5-4-7(21-3)6-8(9)11(15)10-12(17)16-14(20)18(2)13(10)19/h4-6H,1-3H3. The first-order valence-corrected chi connectivity index (χ1v) is 6.56. The van der Waals surface area contributed by atoms with Gasteiger partial charge in [0, 0.05) is 19.5 Å². The van der Waals surface area contributed by atoms with E-state index < -0.39 is 11.2 Å². The molecule has 2 heterocycles. The number of aromatic nitrogens is 3. The monoisotopic (exact) mass is 305 g/mol. The zero-order chi connectivity index (χ0) is 15.3. The quantitative estimate of drug-likeness (QED) is 0.637. The molecule has 2 aliphatic rings. The molecule has 1 aromatic carbocycles. The lowest BCUT2D eigenvalue weighted by Gasteiger charge is -2.16. The molecule has 3 rings (SSSR count). The first-order chi connectivity index (χ1) is 9.95. The second kappa shape index (κ2) is 4.60. The molecule has 0 fully saturated rings. The molecule has 0 saturated carbocycles. The number of rotatable bonds is 1. The van der Waals surface area contributed by atoms with Crippen molar-refractivity contribution in [3.63, 3.8) is 0 Å². The molecule has 0 aromatic heterocycles. The minimum absolute atomic E-state index is 0.224. The van der Waals surface area contributed by atoms with Gasteiger partial charge in [0.05, 0.1) is 17.6 Å². The highest BCUT2D eigenvalue weighted by Crippen LogP contribution is 2.34. The summed E-state index contributed by atoms with van der Waals surface area (Å²) in [6.45, 7) is 0. The summed E-state index contributed by atoms with van der Waals surface area (Å²) in [6, 6.07) is 5.34. The lowest BCUT2D eigenvalue weighted by atomic mass is 10.1. The van der Waals surface area contributed by atoms with Crippen LogP contribution >= 0.6 is 11.6 Å². The van der Waals surface area contributed by atoms with Gasteiger partial charge in [-0.05, 0) is 18.2 Å². The van der Waals surface area contributed by atoms with Crippen molar-refractivity contribution in [1.82, 2.24) is 14.1 Å². The molecule has 0 saturated heterocycles. The zero-order valence-electron chi connectivity index (χ0n) is 11.7. The maximum atomic E-state index is 12.3. The van der Waals surface area contributed by atoms with Gasteiger partial charge in [-0.15, -0.1) is 0 Å². The van der Waals surface area contributed by atoms with Crippen LogP contribution in [0.25, 0.3) is 22.3 Å². The van der Waals surface area contributed by atoms with Crippen LogP contribution in [0.3, 0.4) is 0 Å². The number of hydrogen-bond donors (Lipinski definition) is 0. The van der Waals surface area contributed by atoms with E-state index in [0.717, 1.165) is 10.1 Å². The van der Waals surface area contributed by atoms with E-state index in [1.807, 2.05) is 6.07 Å². The molecule has 0 spiro atoms. The summed E-state index contributed by atoms with van der Waals surface area (Å²) in [5.74, 6) is 0.903. The Labute approximate surface area is 124 Å². The first kappa shape index (κ1) is 13.6. The summed E-state index contributed by atoms with van der Waals surface area (Å²) >= 11 is 6.38. The van der Waals surface area contributed by atoms with Crippen molar-refractivity contribution >= 4 is 22.5 Å². The van der Waals surface area contributed by atoms with Crippen molar-refractivity contribution in [3.05, 3.63) is 44.1 Å². The Morgan fingerprint density at radius 2 is 1.90 bits per heavy atom. The molecule has 0 aliphatic carbocycles. The van der Waals surface area contributed by atoms with Gasteiger partial charge in [0.15, 0.2) is 5.82 Å². The van der Waals surface area contributed by atoms with Gasteiger partial charge < -0.3 is 9.30 Å². The molecule has 21 heavy (non-hydrogen) atoms. The van der Waals surface area contributed by atoms with Crippen LogP contribution in [0.15, 0.2) is 27.8 Å². The normalized spacial score (nSPS) is 11.2. The third-order valence-corrected chi connectivity index (χ3v) is 3.96. The smallest absolute Gasteiger partial charge is 0.352 e. The van der Waals surface area contributed by atoms with Gasteiger partial charge in [0.25, 0.3) is 5.56 Å². The minimum Gasteiger partial charge on any atom is -0.497 e. The van der Waals surface area contributed by atoms with Gasteiger partial charge in [-0.25, -0.2) is 4.79 Å². The summed E-state index contributed by atoms with van der Waals surface area (Å²) in [6.07, 6.45) is 0. The van der Waals surface area contributed by atoms with E-state index in [1.165, 1.54) is 7.05 Å². The number of nitrogens with zero attached hydrogens (tertiary/aromatic N) is 3. The second-order valence-corrected chi connectivity index (χ2v) is 5.09. The van der Waals surface area contributed by atoms with Crippen LogP contribution < -0.4 is 16.0 Å². The third-order valence-electron chi connectivity index (χ3n) is 3.57. The van der Waals surface area contributed by atoms with Crippen molar-refractivity contribution < 1.29 is 4.74 Å². The van der Waals surface area contributed by atoms with E-state index >= 15 is 0 Å². The molecule has 108 valence electrons. The number of methoxy groups -OCH3 is 1. The highest BCUT2D eigenvalue weighted by molar-refractivity contribution is 6.38. The number of ether oxygens (including phenoxy) is 1. The fourth-order valence-electron chi connectivity index (χ4n) is 2.37. The Morgan fingerprint density at radius 3 is 2.57 bits per heavy atom. The van der Waals surface area contributed by atoms with Crippen LogP contribution in [0.4, 0.5) is 0 Å². The van der Waals surface area contributed by atoms with Crippen LogP contribution in [-0.2, 0) is 14.1 Å². The van der Waals surface area contributed by atoms with Crippen molar-refractivity contribution in [2.24, 2.45) is 14.1 Å². The SMILES string of the molecule is COc1ccc2c(c1)c(Cl)c1c(=O)n(C)c(=O)nc-1n2C. The van der Waals surface area contributed by atoms with Gasteiger partial charge in [-0.3, -0.25) is 9.36 Å². The molecule has 0 unspecified atom stereocenters. The summed E-state index contributed by atoms with van der Waals surface area (Å²) in [4.78, 5) is 28.0. The van der Waals surface area contributed by atoms with Gasteiger partial charge >= 0.3 is 5.69 Å². The van der Waals surface area contributed by atoms with E-state index in [9.17, 15) is 9.59 Å². The van der Waals surface area contributed by atoms with Gasteiger partial charge in [0.1, 0.15) is 11.3 Å². The van der Waals surface area contributed by atoms with Gasteiger partial charge in [-0.1, -0.05) is 11.6 Å². The average molecular weight is 306 g/mol. The molecule has 0 amide bonds. The first-order valence-electron chi connectivity index (χ1n) is 6.18. The Balaban J connectivity index is 2.63. The van der Waals surface area contributed by atoms with E-state index in [0.29, 0.717) is 11.1 Å². The molecule has 2 aliphatic heterocycles. The second-order valence-electron chi connectivity index (χ2n) is 4.71. The summed E-state index contributed by atoms with van der Waals surface area (Å²) in [5.41, 5.74) is -0.0854. The molecule has 7 heteroatoms. The highest BCUT2D eigenvalue weighted by Gasteiger charge is 2.22. The van der Waals surface area contributed by atoms with E-state index in [4.69, 9.17) is 16.3 Å². The molecule has 6 nitrogen and oxygen atoms in total. The largest absolute Gasteiger partial charge is 0.497 e. The third kappa shape index (κ3) is 1.83. The van der Waals surface area contributed by atoms with Crippen LogP contribution in [0.5, 0.6) is 5.75 Å². The number of halogens is 1. The zero-order valence-corrected chi connectivity index (χ0v) is 12.4. The molecular formula is C14H12ClN3O3. The molecule has 1 aromatic rings.